The zero-order valence-electron chi connectivity index (χ0n) is 33.0. The summed E-state index contributed by atoms with van der Waals surface area (Å²) in [5.41, 5.74) is 19.1. The van der Waals surface area contributed by atoms with Crippen LogP contribution in [0.25, 0.3) is 10.9 Å². The van der Waals surface area contributed by atoms with Gasteiger partial charge < -0.3 is 53.7 Å². The van der Waals surface area contributed by atoms with Gasteiger partial charge in [-0.3, -0.25) is 38.6 Å². The molecule has 0 unspecified atom stereocenters. The van der Waals surface area contributed by atoms with Gasteiger partial charge in [0.05, 0.1) is 6.54 Å². The number of hydrogen-bond donors (Lipinski definition) is 9. The molecule has 0 bridgehead atoms. The third-order valence-electron chi connectivity index (χ3n) is 9.84. The summed E-state index contributed by atoms with van der Waals surface area (Å²) >= 11 is 0. The first-order chi connectivity index (χ1) is 28.9. The summed E-state index contributed by atoms with van der Waals surface area (Å²) in [7, 11) is 0. The lowest BCUT2D eigenvalue weighted by Crippen LogP contribution is -2.58. The van der Waals surface area contributed by atoms with E-state index in [9.17, 15) is 33.6 Å². The summed E-state index contributed by atoms with van der Waals surface area (Å²) < 4.78 is 0. The van der Waals surface area contributed by atoms with Gasteiger partial charge >= 0.3 is 0 Å². The number of para-hydroxylation sites is 1. The molecule has 7 amide bonds. The molecule has 0 saturated carbocycles. The van der Waals surface area contributed by atoms with E-state index in [2.05, 4.69) is 36.6 Å². The van der Waals surface area contributed by atoms with Crippen LogP contribution in [0.4, 0.5) is 0 Å². The molecule has 0 spiro atoms. The Hall–Kier alpha value is -7.24. The molecule has 5 rings (SSSR count). The summed E-state index contributed by atoms with van der Waals surface area (Å²) in [6.07, 6.45) is 1.32. The zero-order valence-corrected chi connectivity index (χ0v) is 33.0. The average molecular weight is 822 g/mol. The molecule has 1 aliphatic rings. The lowest BCUT2D eigenvalue weighted by molar-refractivity contribution is -0.140. The third-order valence-corrected chi connectivity index (χ3v) is 9.84. The number of aromatic nitrogens is 1. The fraction of sp³-hybridized carbons (Fsp3) is 0.333. The zero-order chi connectivity index (χ0) is 43.0. The van der Waals surface area contributed by atoms with E-state index < -0.39 is 72.1 Å². The molecule has 3 aromatic carbocycles. The smallest absolute Gasteiger partial charge is 0.250 e. The molecule has 1 saturated heterocycles. The van der Waals surface area contributed by atoms with Crippen molar-refractivity contribution in [1.29, 1.82) is 0 Å². The Morgan fingerprint density at radius 1 is 0.683 bits per heavy atom. The highest BCUT2D eigenvalue weighted by Gasteiger charge is 2.35. The molecule has 18 heteroatoms. The van der Waals surface area contributed by atoms with Gasteiger partial charge in [-0.25, -0.2) is 0 Å². The largest absolute Gasteiger partial charge is 0.370 e. The maximum Gasteiger partial charge on any atom is 0.250 e. The Balaban J connectivity index is 1.55. The monoisotopic (exact) mass is 821 g/mol. The van der Waals surface area contributed by atoms with Crippen molar-refractivity contribution in [2.24, 2.45) is 22.2 Å². The van der Waals surface area contributed by atoms with Crippen molar-refractivity contribution in [2.45, 2.75) is 62.7 Å². The number of H-pyrrole nitrogens is 1. The Kier molecular flexibility index (Phi) is 15.7. The number of benzene rings is 3. The van der Waals surface area contributed by atoms with E-state index in [1.807, 2.05) is 6.07 Å². The van der Waals surface area contributed by atoms with Crippen molar-refractivity contribution >= 4 is 58.2 Å². The molecule has 4 atom stereocenters. The minimum Gasteiger partial charge on any atom is -0.370 e. The highest BCUT2D eigenvalue weighted by atomic mass is 16.2. The molecule has 0 radical (unpaired) electrons. The summed E-state index contributed by atoms with van der Waals surface area (Å²) in [6, 6.07) is 19.9. The van der Waals surface area contributed by atoms with Crippen molar-refractivity contribution in [2.75, 3.05) is 26.2 Å². The average Bonchev–Trinajstić information content (AvgIpc) is 3.66. The number of guanidine groups is 1. The van der Waals surface area contributed by atoms with Crippen molar-refractivity contribution in [3.05, 3.63) is 108 Å². The molecule has 2 heterocycles. The maximum atomic E-state index is 14.5. The van der Waals surface area contributed by atoms with E-state index in [1.54, 1.807) is 85.1 Å². The topological polar surface area (TPSA) is 289 Å². The molecule has 18 nitrogen and oxygen atoms in total. The number of carbonyl (C=O) groups excluding carboxylic acids is 7. The van der Waals surface area contributed by atoms with Gasteiger partial charge in [0, 0.05) is 68.0 Å². The lowest BCUT2D eigenvalue weighted by Gasteiger charge is -2.29. The van der Waals surface area contributed by atoms with E-state index in [4.69, 9.17) is 17.2 Å². The van der Waals surface area contributed by atoms with Crippen molar-refractivity contribution < 1.29 is 33.6 Å². The second kappa shape index (κ2) is 21.5. The molecule has 1 fully saturated rings. The molecule has 4 aromatic rings. The summed E-state index contributed by atoms with van der Waals surface area (Å²) in [5, 5.41) is 14.4. The van der Waals surface area contributed by atoms with E-state index >= 15 is 0 Å². The fourth-order valence-corrected chi connectivity index (χ4v) is 6.83. The quantitative estimate of drug-likeness (QED) is 0.0537. The second-order valence-corrected chi connectivity index (χ2v) is 14.4. The van der Waals surface area contributed by atoms with Crippen LogP contribution in [0.2, 0.25) is 0 Å². The number of nitrogens with two attached hydrogens (primary N) is 3. The van der Waals surface area contributed by atoms with Gasteiger partial charge in [-0.05, 0) is 30.0 Å². The van der Waals surface area contributed by atoms with Crippen LogP contribution in [0.1, 0.15) is 48.4 Å². The number of nitrogens with one attached hydrogen (secondary N) is 6. The first-order valence-corrected chi connectivity index (χ1v) is 19.6. The summed E-state index contributed by atoms with van der Waals surface area (Å²) in [5.74, 6) is -5.02. The maximum absolute atomic E-state index is 14.5. The van der Waals surface area contributed by atoms with Gasteiger partial charge in [0.2, 0.25) is 41.4 Å². The van der Waals surface area contributed by atoms with E-state index in [1.165, 1.54) is 0 Å². The summed E-state index contributed by atoms with van der Waals surface area (Å²) in [4.78, 5) is 104. The number of fused-ring (bicyclic) bond motifs is 1. The van der Waals surface area contributed by atoms with Crippen LogP contribution >= 0.6 is 0 Å². The number of rotatable bonds is 11. The highest BCUT2D eigenvalue weighted by molar-refractivity contribution is 5.98. The molecular weight excluding hydrogens is 771 g/mol. The normalized spacial score (nSPS) is 20.2. The number of hydrogen-bond acceptors (Lipinski definition) is 8. The van der Waals surface area contributed by atoms with Crippen LogP contribution in [0.5, 0.6) is 0 Å². The Morgan fingerprint density at radius 2 is 1.25 bits per heavy atom. The van der Waals surface area contributed by atoms with Gasteiger partial charge in [0.1, 0.15) is 24.2 Å². The second-order valence-electron chi connectivity index (χ2n) is 14.4. The van der Waals surface area contributed by atoms with Crippen LogP contribution in [0.15, 0.2) is 96.1 Å². The third kappa shape index (κ3) is 12.9. The Morgan fingerprint density at radius 3 is 1.88 bits per heavy atom. The van der Waals surface area contributed by atoms with Crippen molar-refractivity contribution in [1.82, 2.24) is 36.5 Å². The Bertz CT molecular complexity index is 2170. The fourth-order valence-electron chi connectivity index (χ4n) is 6.83. The lowest BCUT2D eigenvalue weighted by atomic mass is 10.0. The van der Waals surface area contributed by atoms with Gasteiger partial charge in [0.25, 0.3) is 0 Å². The highest BCUT2D eigenvalue weighted by Crippen LogP contribution is 2.26. The van der Waals surface area contributed by atoms with Gasteiger partial charge in [0.15, 0.2) is 5.96 Å². The van der Waals surface area contributed by atoms with Crippen LogP contribution in [-0.4, -0.2) is 101 Å². The predicted octanol–water partition coefficient (Wildman–Crippen LogP) is -0.457. The minimum absolute atomic E-state index is 0.00112. The molecule has 1 aromatic heterocycles. The van der Waals surface area contributed by atoms with Crippen LogP contribution < -0.4 is 43.8 Å². The van der Waals surface area contributed by atoms with E-state index in [0.29, 0.717) is 22.0 Å². The number of aliphatic imine (C=N–C) groups is 1. The van der Waals surface area contributed by atoms with Crippen LogP contribution in [0.3, 0.4) is 0 Å². The first kappa shape index (κ1) is 43.9. The van der Waals surface area contributed by atoms with E-state index in [0.717, 1.165) is 10.5 Å². The van der Waals surface area contributed by atoms with Crippen molar-refractivity contribution in [3.8, 4) is 0 Å². The van der Waals surface area contributed by atoms with Gasteiger partial charge in [-0.15, -0.1) is 0 Å². The van der Waals surface area contributed by atoms with Gasteiger partial charge in [-0.1, -0.05) is 78.9 Å². The number of primary amides is 1. The summed E-state index contributed by atoms with van der Waals surface area (Å²) in [6.45, 7) is -0.753. The van der Waals surface area contributed by atoms with Gasteiger partial charge in [-0.2, -0.15) is 0 Å². The molecule has 316 valence electrons. The van der Waals surface area contributed by atoms with Crippen LogP contribution in [-0.2, 0) is 46.4 Å². The number of nitrogens with zero attached hydrogens (tertiary/aromatic N) is 2. The molecule has 1 aliphatic heterocycles. The number of amides is 7. The standard InChI is InChI=1S/C42H51N11O7/c43-34(54)25-53-21-20-46-35(55)17-18-36(56)49-32(22-26-10-3-1-4-11-26)39(58)51-33(23-27-12-5-2-6-13-27)40(59)50-31(16-9-19-47-42(44)45)38(57)52-37(41(53)60)29-24-48-30-15-8-7-14-28(29)30/h1-8,10-15,24,31-33,37,48H,9,16-23,25H2,(H2,43,54)(H,46,55)(H,49,56)(H,50,59)(H,51,58)(H,52,57)(H4,44,45,47)/t31-,32-,33+,37-/m0/s1. The molecule has 60 heavy (non-hydrogen) atoms. The molecule has 12 N–H and O–H groups in total. The molecular formula is C42H51N11O7. The number of aromatic amines is 1. The predicted molar refractivity (Wildman–Crippen MR) is 223 cm³/mol. The SMILES string of the molecule is NC(=O)CN1CCNC(=O)CCC(=O)N[C@@H](Cc2ccccc2)C(=O)N[C@H](Cc2ccccc2)C(=O)N[C@@H](CCCN=C(N)N)C(=O)N[C@@H](c2c[nH]c3ccccc23)C1=O. The Labute approximate surface area is 346 Å². The first-order valence-electron chi connectivity index (χ1n) is 19.6. The van der Waals surface area contributed by atoms with E-state index in [-0.39, 0.29) is 64.1 Å². The van der Waals surface area contributed by atoms with Crippen molar-refractivity contribution in [3.63, 3.8) is 0 Å². The van der Waals surface area contributed by atoms with Crippen LogP contribution in [0, 0.1) is 0 Å². The number of carbonyl (C=O) groups is 7. The minimum atomic E-state index is -1.41. The molecule has 0 aliphatic carbocycles.